The molecule has 0 aliphatic carbocycles. The highest BCUT2D eigenvalue weighted by molar-refractivity contribution is 7.98. The standard InChI is InChI=1S/C25H22F3N5O2S/c26-25(27,28)18-9-6-10-19(14-18)33-21(13-17-7-2-1-3-8-17)30-31-24(33)36-16-22-29-20(15-35-22)23(34)32-11-4-5-12-32/h1-3,6-10,14-15H,4-5,11-13,16H2. The summed E-state index contributed by atoms with van der Waals surface area (Å²) in [5, 5.41) is 8.92. The summed E-state index contributed by atoms with van der Waals surface area (Å²) < 4.78 is 47.3. The van der Waals surface area contributed by atoms with Crippen LogP contribution in [0.4, 0.5) is 13.2 Å². The molecule has 2 aromatic heterocycles. The van der Waals surface area contributed by atoms with Gasteiger partial charge in [0.2, 0.25) is 5.89 Å². The van der Waals surface area contributed by atoms with E-state index in [0.717, 1.165) is 30.5 Å². The lowest BCUT2D eigenvalue weighted by atomic mass is 10.1. The van der Waals surface area contributed by atoms with Crippen LogP contribution in [-0.4, -0.2) is 43.6 Å². The molecule has 7 nitrogen and oxygen atoms in total. The van der Waals surface area contributed by atoms with Crippen LogP contribution in [0.2, 0.25) is 0 Å². The third kappa shape index (κ3) is 5.30. The summed E-state index contributed by atoms with van der Waals surface area (Å²) in [4.78, 5) is 18.6. The topological polar surface area (TPSA) is 77.0 Å². The van der Waals surface area contributed by atoms with Gasteiger partial charge in [-0.25, -0.2) is 4.98 Å². The maximum Gasteiger partial charge on any atom is 0.416 e. The Morgan fingerprint density at radius 3 is 2.56 bits per heavy atom. The largest absolute Gasteiger partial charge is 0.447 e. The van der Waals surface area contributed by atoms with Crippen molar-refractivity contribution in [3.05, 3.63) is 89.4 Å². The molecule has 1 aliphatic heterocycles. The third-order valence-electron chi connectivity index (χ3n) is 5.83. The Labute approximate surface area is 209 Å². The van der Waals surface area contributed by atoms with Crippen LogP contribution in [0.3, 0.4) is 0 Å². The molecule has 2 aromatic carbocycles. The molecule has 0 N–H and O–H groups in total. The molecule has 5 rings (SSSR count). The molecule has 0 radical (unpaired) electrons. The first kappa shape index (κ1) is 24.1. The van der Waals surface area contributed by atoms with Gasteiger partial charge in [0.15, 0.2) is 10.9 Å². The van der Waals surface area contributed by atoms with Crippen LogP contribution in [0.1, 0.15) is 46.2 Å². The fraction of sp³-hybridized carbons (Fsp3) is 0.280. The van der Waals surface area contributed by atoms with Crippen molar-refractivity contribution >= 4 is 17.7 Å². The van der Waals surface area contributed by atoms with Crippen LogP contribution in [0, 0.1) is 0 Å². The van der Waals surface area contributed by atoms with Crippen LogP contribution in [0.15, 0.2) is 70.4 Å². The summed E-state index contributed by atoms with van der Waals surface area (Å²) in [5.74, 6) is 0.895. The normalized spacial score (nSPS) is 13.9. The van der Waals surface area contributed by atoms with E-state index in [1.807, 2.05) is 30.3 Å². The van der Waals surface area contributed by atoms with Crippen molar-refractivity contribution in [2.24, 2.45) is 0 Å². The summed E-state index contributed by atoms with van der Waals surface area (Å²) in [6.45, 7) is 1.42. The van der Waals surface area contributed by atoms with Gasteiger partial charge in [0.05, 0.1) is 17.0 Å². The molecular formula is C25H22F3N5O2S. The van der Waals surface area contributed by atoms with Crippen molar-refractivity contribution in [1.29, 1.82) is 0 Å². The highest BCUT2D eigenvalue weighted by Gasteiger charge is 2.31. The molecule has 0 atom stereocenters. The van der Waals surface area contributed by atoms with E-state index in [4.69, 9.17) is 4.42 Å². The van der Waals surface area contributed by atoms with E-state index >= 15 is 0 Å². The number of carbonyl (C=O) groups is 1. The van der Waals surface area contributed by atoms with Gasteiger partial charge in [-0.15, -0.1) is 10.2 Å². The molecule has 1 aliphatic rings. The number of halogens is 3. The second kappa shape index (κ2) is 10.2. The molecule has 1 saturated heterocycles. The Bertz CT molecular complexity index is 1350. The lowest BCUT2D eigenvalue weighted by Crippen LogP contribution is -2.27. The molecule has 0 spiro atoms. The minimum atomic E-state index is -4.48. The number of benzene rings is 2. The van der Waals surface area contributed by atoms with E-state index in [0.29, 0.717) is 42.1 Å². The molecule has 186 valence electrons. The Morgan fingerprint density at radius 2 is 1.81 bits per heavy atom. The quantitative estimate of drug-likeness (QED) is 0.308. The number of hydrogen-bond donors (Lipinski definition) is 0. The maximum atomic E-state index is 13.4. The van der Waals surface area contributed by atoms with E-state index in [2.05, 4.69) is 15.2 Å². The SMILES string of the molecule is O=C(c1coc(CSc2nnc(Cc3ccccc3)n2-c2cccc(C(F)(F)F)c2)n1)N1CCCC1. The van der Waals surface area contributed by atoms with E-state index < -0.39 is 11.7 Å². The zero-order valence-corrected chi connectivity index (χ0v) is 19.9. The third-order valence-corrected chi connectivity index (χ3v) is 6.74. The zero-order valence-electron chi connectivity index (χ0n) is 19.1. The smallest absolute Gasteiger partial charge is 0.416 e. The van der Waals surface area contributed by atoms with Gasteiger partial charge in [-0.2, -0.15) is 13.2 Å². The monoisotopic (exact) mass is 513 g/mol. The van der Waals surface area contributed by atoms with Crippen molar-refractivity contribution in [2.75, 3.05) is 13.1 Å². The molecule has 0 bridgehead atoms. The van der Waals surface area contributed by atoms with Crippen molar-refractivity contribution in [2.45, 2.75) is 36.3 Å². The number of rotatable bonds is 7. The van der Waals surface area contributed by atoms with Gasteiger partial charge in [0, 0.05) is 19.5 Å². The number of hydrogen-bond acceptors (Lipinski definition) is 6. The molecule has 36 heavy (non-hydrogen) atoms. The number of thioether (sulfide) groups is 1. The molecule has 1 amide bonds. The van der Waals surface area contributed by atoms with Gasteiger partial charge >= 0.3 is 6.18 Å². The van der Waals surface area contributed by atoms with Crippen molar-refractivity contribution in [3.8, 4) is 5.69 Å². The Balaban J connectivity index is 1.41. The number of amides is 1. The molecular weight excluding hydrogens is 491 g/mol. The van der Waals surface area contributed by atoms with Crippen molar-refractivity contribution in [1.82, 2.24) is 24.6 Å². The van der Waals surface area contributed by atoms with Crippen LogP contribution in [0.5, 0.6) is 0 Å². The first-order valence-corrected chi connectivity index (χ1v) is 12.4. The average Bonchev–Trinajstić information content (AvgIpc) is 3.64. The van der Waals surface area contributed by atoms with Gasteiger partial charge < -0.3 is 9.32 Å². The first-order valence-electron chi connectivity index (χ1n) is 11.4. The predicted octanol–water partition coefficient (Wildman–Crippen LogP) is 5.39. The molecule has 1 fully saturated rings. The number of oxazole rings is 1. The van der Waals surface area contributed by atoms with Gasteiger partial charge in [-0.05, 0) is 36.6 Å². The fourth-order valence-electron chi connectivity index (χ4n) is 4.05. The fourth-order valence-corrected chi connectivity index (χ4v) is 4.87. The number of aromatic nitrogens is 4. The Morgan fingerprint density at radius 1 is 1.03 bits per heavy atom. The molecule has 0 saturated carbocycles. The van der Waals surface area contributed by atoms with E-state index in [-0.39, 0.29) is 17.4 Å². The lowest BCUT2D eigenvalue weighted by Gasteiger charge is -2.13. The van der Waals surface area contributed by atoms with E-state index in [1.165, 1.54) is 24.1 Å². The van der Waals surface area contributed by atoms with Gasteiger partial charge in [0.1, 0.15) is 12.1 Å². The molecule has 4 aromatic rings. The summed E-state index contributed by atoms with van der Waals surface area (Å²) in [6.07, 6.45) is -0.800. The molecule has 3 heterocycles. The summed E-state index contributed by atoms with van der Waals surface area (Å²) in [7, 11) is 0. The first-order chi connectivity index (χ1) is 17.4. The minimum absolute atomic E-state index is 0.162. The maximum absolute atomic E-state index is 13.4. The number of nitrogens with zero attached hydrogens (tertiary/aromatic N) is 5. The highest BCUT2D eigenvalue weighted by Crippen LogP contribution is 2.32. The van der Waals surface area contributed by atoms with Crippen molar-refractivity contribution < 1.29 is 22.4 Å². The van der Waals surface area contributed by atoms with Gasteiger partial charge in [-0.3, -0.25) is 9.36 Å². The van der Waals surface area contributed by atoms with E-state index in [1.54, 1.807) is 15.5 Å². The van der Waals surface area contributed by atoms with Gasteiger partial charge in [0.25, 0.3) is 5.91 Å². The average molecular weight is 514 g/mol. The van der Waals surface area contributed by atoms with Crippen LogP contribution < -0.4 is 0 Å². The minimum Gasteiger partial charge on any atom is -0.447 e. The zero-order chi connectivity index (χ0) is 25.1. The number of likely N-dealkylation sites (tertiary alicyclic amines) is 1. The van der Waals surface area contributed by atoms with Crippen LogP contribution in [0.25, 0.3) is 5.69 Å². The molecule has 0 unspecified atom stereocenters. The highest BCUT2D eigenvalue weighted by atomic mass is 32.2. The summed E-state index contributed by atoms with van der Waals surface area (Å²) >= 11 is 1.22. The number of carbonyl (C=O) groups excluding carboxylic acids is 1. The van der Waals surface area contributed by atoms with E-state index in [9.17, 15) is 18.0 Å². The summed E-state index contributed by atoms with van der Waals surface area (Å²) in [6, 6.07) is 14.6. The Kier molecular flexibility index (Phi) is 6.82. The second-order valence-corrected chi connectivity index (χ2v) is 9.30. The van der Waals surface area contributed by atoms with Gasteiger partial charge in [-0.1, -0.05) is 48.2 Å². The lowest BCUT2D eigenvalue weighted by molar-refractivity contribution is -0.137. The van der Waals surface area contributed by atoms with Crippen LogP contribution in [-0.2, 0) is 18.3 Å². The second-order valence-electron chi connectivity index (χ2n) is 8.36. The van der Waals surface area contributed by atoms with Crippen LogP contribution >= 0.6 is 11.8 Å². The summed E-state index contributed by atoms with van der Waals surface area (Å²) in [5.41, 5.74) is 0.748. The molecule has 11 heteroatoms. The van der Waals surface area contributed by atoms with Crippen molar-refractivity contribution in [3.63, 3.8) is 0 Å². The number of alkyl halides is 3. The Hall–Kier alpha value is -3.60. The predicted molar refractivity (Wildman–Crippen MR) is 127 cm³/mol.